The molecule has 0 aromatic heterocycles. The van der Waals surface area contributed by atoms with Crippen LogP contribution in [0.2, 0.25) is 0 Å². The summed E-state index contributed by atoms with van der Waals surface area (Å²) in [7, 11) is 0. The van der Waals surface area contributed by atoms with E-state index in [2.05, 4.69) is 0 Å². The van der Waals surface area contributed by atoms with Gasteiger partial charge in [-0.2, -0.15) is 0 Å². The Balaban J connectivity index is 0.00000169. The number of hydrogen-bond donors (Lipinski definition) is 2. The molecular weight excluding hydrogens is 200 g/mol. The van der Waals surface area contributed by atoms with Crippen molar-refractivity contribution in [2.24, 2.45) is 11.5 Å². The van der Waals surface area contributed by atoms with Crippen LogP contribution in [0.25, 0.3) is 0 Å². The Kier molecular flexibility index (Phi) is 5.92. The molecule has 3 nitrogen and oxygen atoms in total. The van der Waals surface area contributed by atoms with Crippen molar-refractivity contribution < 1.29 is 4.79 Å². The normalized spacial score (nSPS) is 11.5. The SMILES string of the molecule is Cl.NC(=O)CC(N)Cc1ccccc1. The Bertz CT molecular complexity index is 277. The van der Waals surface area contributed by atoms with Gasteiger partial charge in [0.1, 0.15) is 0 Å². The van der Waals surface area contributed by atoms with Crippen LogP contribution in [0.4, 0.5) is 0 Å². The van der Waals surface area contributed by atoms with Crippen LogP contribution >= 0.6 is 12.4 Å². The minimum absolute atomic E-state index is 0. The summed E-state index contributed by atoms with van der Waals surface area (Å²) >= 11 is 0. The summed E-state index contributed by atoms with van der Waals surface area (Å²) in [6, 6.07) is 9.66. The van der Waals surface area contributed by atoms with E-state index in [0.29, 0.717) is 6.42 Å². The van der Waals surface area contributed by atoms with Crippen molar-refractivity contribution in [2.45, 2.75) is 18.9 Å². The first-order chi connectivity index (χ1) is 6.18. The van der Waals surface area contributed by atoms with Gasteiger partial charge in [-0.1, -0.05) is 30.3 Å². The van der Waals surface area contributed by atoms with Crippen LogP contribution in [-0.2, 0) is 11.2 Å². The number of benzene rings is 1. The second kappa shape index (κ2) is 6.40. The molecule has 1 aromatic rings. The van der Waals surface area contributed by atoms with Crippen LogP contribution in [0, 0.1) is 0 Å². The van der Waals surface area contributed by atoms with Gasteiger partial charge in [0.2, 0.25) is 5.91 Å². The second-order valence-electron chi connectivity index (χ2n) is 3.12. The van der Waals surface area contributed by atoms with Gasteiger partial charge in [0, 0.05) is 12.5 Å². The maximum atomic E-state index is 10.5. The van der Waals surface area contributed by atoms with E-state index in [1.807, 2.05) is 30.3 Å². The molecule has 0 saturated heterocycles. The Morgan fingerprint density at radius 3 is 2.36 bits per heavy atom. The fourth-order valence-electron chi connectivity index (χ4n) is 1.25. The molecule has 0 aliphatic carbocycles. The highest BCUT2D eigenvalue weighted by molar-refractivity contribution is 5.85. The van der Waals surface area contributed by atoms with Gasteiger partial charge in [0.05, 0.1) is 0 Å². The van der Waals surface area contributed by atoms with E-state index < -0.39 is 0 Å². The summed E-state index contributed by atoms with van der Waals surface area (Å²) < 4.78 is 0. The van der Waals surface area contributed by atoms with Crippen molar-refractivity contribution in [1.82, 2.24) is 0 Å². The fourth-order valence-corrected chi connectivity index (χ4v) is 1.25. The number of nitrogens with two attached hydrogens (primary N) is 2. The standard InChI is InChI=1S/C10H14N2O.ClH/c11-9(7-10(12)13)6-8-4-2-1-3-5-8;/h1-5,9H,6-7,11H2,(H2,12,13);1H. The van der Waals surface area contributed by atoms with Gasteiger partial charge in [-0.05, 0) is 12.0 Å². The Morgan fingerprint density at radius 1 is 1.29 bits per heavy atom. The number of primary amides is 1. The topological polar surface area (TPSA) is 69.1 Å². The smallest absolute Gasteiger partial charge is 0.218 e. The molecule has 0 aliphatic heterocycles. The first-order valence-electron chi connectivity index (χ1n) is 4.26. The summed E-state index contributed by atoms with van der Waals surface area (Å²) in [6.45, 7) is 0. The predicted octanol–water partition coefficient (Wildman–Crippen LogP) is 0.854. The van der Waals surface area contributed by atoms with Crippen LogP contribution in [0.1, 0.15) is 12.0 Å². The van der Waals surface area contributed by atoms with E-state index in [-0.39, 0.29) is 30.8 Å². The van der Waals surface area contributed by atoms with Crippen molar-refractivity contribution in [2.75, 3.05) is 0 Å². The highest BCUT2D eigenvalue weighted by Crippen LogP contribution is 2.03. The van der Waals surface area contributed by atoms with E-state index in [9.17, 15) is 4.79 Å². The molecule has 0 spiro atoms. The first-order valence-corrected chi connectivity index (χ1v) is 4.26. The third-order valence-electron chi connectivity index (χ3n) is 1.80. The summed E-state index contributed by atoms with van der Waals surface area (Å²) in [5, 5.41) is 0. The van der Waals surface area contributed by atoms with Crippen molar-refractivity contribution >= 4 is 18.3 Å². The average Bonchev–Trinajstić information content (AvgIpc) is 2.04. The Labute approximate surface area is 89.9 Å². The molecule has 14 heavy (non-hydrogen) atoms. The van der Waals surface area contributed by atoms with Crippen LogP contribution in [0.5, 0.6) is 0 Å². The maximum absolute atomic E-state index is 10.5. The summed E-state index contributed by atoms with van der Waals surface area (Å²) in [5.74, 6) is -0.344. The lowest BCUT2D eigenvalue weighted by atomic mass is 10.0. The van der Waals surface area contributed by atoms with E-state index in [0.717, 1.165) is 5.56 Å². The summed E-state index contributed by atoms with van der Waals surface area (Å²) in [5.41, 5.74) is 11.9. The zero-order chi connectivity index (χ0) is 9.68. The van der Waals surface area contributed by atoms with Crippen LogP contribution in [0.15, 0.2) is 30.3 Å². The minimum atomic E-state index is -0.344. The Morgan fingerprint density at radius 2 is 1.86 bits per heavy atom. The third kappa shape index (κ3) is 4.84. The third-order valence-corrected chi connectivity index (χ3v) is 1.80. The number of halogens is 1. The van der Waals surface area contributed by atoms with Crippen molar-refractivity contribution in [1.29, 1.82) is 0 Å². The second-order valence-corrected chi connectivity index (χ2v) is 3.12. The zero-order valence-electron chi connectivity index (χ0n) is 7.85. The molecule has 0 saturated carbocycles. The van der Waals surface area contributed by atoms with Gasteiger partial charge in [0.15, 0.2) is 0 Å². The van der Waals surface area contributed by atoms with Gasteiger partial charge in [-0.25, -0.2) is 0 Å². The largest absolute Gasteiger partial charge is 0.370 e. The molecule has 1 rings (SSSR count). The number of hydrogen-bond acceptors (Lipinski definition) is 2. The molecule has 0 bridgehead atoms. The number of amides is 1. The van der Waals surface area contributed by atoms with Gasteiger partial charge in [0.25, 0.3) is 0 Å². The molecule has 4 N–H and O–H groups in total. The maximum Gasteiger partial charge on any atom is 0.218 e. The molecule has 1 amide bonds. The van der Waals surface area contributed by atoms with Crippen molar-refractivity contribution in [3.05, 3.63) is 35.9 Å². The van der Waals surface area contributed by atoms with Gasteiger partial charge in [-0.15, -0.1) is 12.4 Å². The van der Waals surface area contributed by atoms with Gasteiger partial charge >= 0.3 is 0 Å². The highest BCUT2D eigenvalue weighted by Gasteiger charge is 2.06. The van der Waals surface area contributed by atoms with Crippen LogP contribution in [-0.4, -0.2) is 11.9 Å². The fraction of sp³-hybridized carbons (Fsp3) is 0.300. The van der Waals surface area contributed by atoms with E-state index in [1.165, 1.54) is 0 Å². The quantitative estimate of drug-likeness (QED) is 0.781. The first kappa shape index (κ1) is 12.9. The summed E-state index contributed by atoms with van der Waals surface area (Å²) in [4.78, 5) is 10.5. The van der Waals surface area contributed by atoms with E-state index in [1.54, 1.807) is 0 Å². The average molecular weight is 215 g/mol. The molecule has 78 valence electrons. The molecule has 0 radical (unpaired) electrons. The minimum Gasteiger partial charge on any atom is -0.370 e. The number of rotatable bonds is 4. The molecule has 0 fully saturated rings. The molecule has 1 aromatic carbocycles. The highest BCUT2D eigenvalue weighted by atomic mass is 35.5. The van der Waals surface area contributed by atoms with Gasteiger partial charge < -0.3 is 11.5 Å². The molecule has 0 aliphatic rings. The number of carbonyl (C=O) groups excluding carboxylic acids is 1. The van der Waals surface area contributed by atoms with E-state index >= 15 is 0 Å². The van der Waals surface area contributed by atoms with E-state index in [4.69, 9.17) is 11.5 Å². The molecule has 0 heterocycles. The van der Waals surface area contributed by atoms with Crippen molar-refractivity contribution in [3.63, 3.8) is 0 Å². The summed E-state index contributed by atoms with van der Waals surface area (Å²) in [6.07, 6.45) is 0.943. The van der Waals surface area contributed by atoms with Crippen LogP contribution < -0.4 is 11.5 Å². The van der Waals surface area contributed by atoms with Gasteiger partial charge in [-0.3, -0.25) is 4.79 Å². The number of carbonyl (C=O) groups is 1. The molecular formula is C10H15ClN2O. The lowest BCUT2D eigenvalue weighted by molar-refractivity contribution is -0.118. The zero-order valence-corrected chi connectivity index (χ0v) is 8.67. The Hall–Kier alpha value is -1.06. The lowest BCUT2D eigenvalue weighted by Crippen LogP contribution is -2.29. The molecule has 1 atom stereocenters. The monoisotopic (exact) mass is 214 g/mol. The molecule has 4 heteroatoms. The van der Waals surface area contributed by atoms with Crippen molar-refractivity contribution in [3.8, 4) is 0 Å². The molecule has 1 unspecified atom stereocenters. The predicted molar refractivity (Wildman–Crippen MR) is 59.2 cm³/mol. The van der Waals surface area contributed by atoms with Crippen LogP contribution in [0.3, 0.4) is 0 Å². The lowest BCUT2D eigenvalue weighted by Gasteiger charge is -2.08.